The van der Waals surface area contributed by atoms with Gasteiger partial charge in [-0.15, -0.1) is 11.8 Å². The first kappa shape index (κ1) is 15.1. The first-order valence-corrected chi connectivity index (χ1v) is 8.66. The van der Waals surface area contributed by atoms with Crippen molar-refractivity contribution in [1.29, 1.82) is 0 Å². The van der Waals surface area contributed by atoms with Gasteiger partial charge in [-0.2, -0.15) is 0 Å². The van der Waals surface area contributed by atoms with Crippen LogP contribution in [-0.4, -0.2) is 30.0 Å². The van der Waals surface area contributed by atoms with Crippen molar-refractivity contribution in [3.8, 4) is 0 Å². The second-order valence-electron chi connectivity index (χ2n) is 4.77. The van der Waals surface area contributed by atoms with Gasteiger partial charge in [0.2, 0.25) is 5.91 Å². The molecule has 1 aromatic rings. The van der Waals surface area contributed by atoms with Gasteiger partial charge in [0.05, 0.1) is 5.75 Å². The lowest BCUT2D eigenvalue weighted by Gasteiger charge is -2.21. The summed E-state index contributed by atoms with van der Waals surface area (Å²) in [5.41, 5.74) is 2.13. The summed E-state index contributed by atoms with van der Waals surface area (Å²) in [6.07, 6.45) is 2.33. The Morgan fingerprint density at radius 1 is 1.47 bits per heavy atom. The molecule has 0 radical (unpaired) electrons. The molecule has 2 N–H and O–H groups in total. The molecule has 5 heteroatoms. The molecule has 104 valence electrons. The van der Waals surface area contributed by atoms with Gasteiger partial charge in [0.25, 0.3) is 0 Å². The number of aryl methyl sites for hydroxylation is 1. The molecule has 3 nitrogen and oxygen atoms in total. The molecule has 0 bridgehead atoms. The molecule has 0 spiro atoms. The van der Waals surface area contributed by atoms with Crippen LogP contribution in [0.3, 0.4) is 0 Å². The van der Waals surface area contributed by atoms with Crippen LogP contribution in [0.2, 0.25) is 0 Å². The van der Waals surface area contributed by atoms with Crippen molar-refractivity contribution < 1.29 is 4.79 Å². The summed E-state index contributed by atoms with van der Waals surface area (Å²) in [6, 6.07) is 6.02. The number of nitrogens with one attached hydrogen (secondary N) is 2. The van der Waals surface area contributed by atoms with Crippen molar-refractivity contribution in [2.75, 3.05) is 24.2 Å². The fourth-order valence-electron chi connectivity index (χ4n) is 2.02. The topological polar surface area (TPSA) is 41.1 Å². The van der Waals surface area contributed by atoms with E-state index in [-0.39, 0.29) is 5.91 Å². The van der Waals surface area contributed by atoms with Crippen molar-refractivity contribution in [2.24, 2.45) is 0 Å². The van der Waals surface area contributed by atoms with Crippen LogP contribution in [0.1, 0.15) is 18.4 Å². The van der Waals surface area contributed by atoms with Gasteiger partial charge in [0.1, 0.15) is 0 Å². The third-order valence-electron chi connectivity index (χ3n) is 3.19. The van der Waals surface area contributed by atoms with Crippen molar-refractivity contribution in [3.05, 3.63) is 27.3 Å². The molecule has 1 aromatic carbocycles. The standard InChI is InChI=1S/C14H19IN2OS/c1-10-2-3-11(8-13(10)15)17-14(18)9-19-12-4-6-16-7-5-12/h2-3,8,12,16H,4-7,9H2,1H3,(H,17,18). The number of hydrogen-bond acceptors (Lipinski definition) is 3. The molecule has 0 aromatic heterocycles. The Labute approximate surface area is 132 Å². The van der Waals surface area contributed by atoms with Gasteiger partial charge in [-0.3, -0.25) is 4.79 Å². The van der Waals surface area contributed by atoms with Gasteiger partial charge in [0, 0.05) is 14.5 Å². The summed E-state index contributed by atoms with van der Waals surface area (Å²) in [5.74, 6) is 0.651. The minimum absolute atomic E-state index is 0.100. The molecule has 1 fully saturated rings. The van der Waals surface area contributed by atoms with Crippen LogP contribution in [0.25, 0.3) is 0 Å². The van der Waals surface area contributed by atoms with E-state index in [2.05, 4.69) is 40.1 Å². The molecule has 0 saturated carbocycles. The minimum Gasteiger partial charge on any atom is -0.325 e. The van der Waals surface area contributed by atoms with Crippen LogP contribution in [0.4, 0.5) is 5.69 Å². The highest BCUT2D eigenvalue weighted by Crippen LogP contribution is 2.21. The Balaban J connectivity index is 1.78. The van der Waals surface area contributed by atoms with Crippen LogP contribution in [0.15, 0.2) is 18.2 Å². The highest BCUT2D eigenvalue weighted by Gasteiger charge is 2.15. The Morgan fingerprint density at radius 2 is 2.21 bits per heavy atom. The number of thioether (sulfide) groups is 1. The Morgan fingerprint density at radius 3 is 2.89 bits per heavy atom. The van der Waals surface area contributed by atoms with E-state index in [0.717, 1.165) is 18.8 Å². The number of benzene rings is 1. The van der Waals surface area contributed by atoms with Crippen molar-refractivity contribution in [3.63, 3.8) is 0 Å². The largest absolute Gasteiger partial charge is 0.325 e. The zero-order valence-corrected chi connectivity index (χ0v) is 14.0. The third kappa shape index (κ3) is 4.96. The third-order valence-corrected chi connectivity index (χ3v) is 5.73. The number of carbonyl (C=O) groups excluding carboxylic acids is 1. The fraction of sp³-hybridized carbons (Fsp3) is 0.500. The monoisotopic (exact) mass is 390 g/mol. The van der Waals surface area contributed by atoms with Crippen LogP contribution in [-0.2, 0) is 4.79 Å². The molecule has 19 heavy (non-hydrogen) atoms. The first-order chi connectivity index (χ1) is 9.15. The molecule has 1 saturated heterocycles. The van der Waals surface area contributed by atoms with E-state index in [1.165, 1.54) is 22.0 Å². The summed E-state index contributed by atoms with van der Waals surface area (Å²) in [6.45, 7) is 4.23. The molecule has 0 unspecified atom stereocenters. The molecule has 2 rings (SSSR count). The number of halogens is 1. The number of hydrogen-bond donors (Lipinski definition) is 2. The van der Waals surface area contributed by atoms with E-state index in [1.54, 1.807) is 11.8 Å². The lowest BCUT2D eigenvalue weighted by Crippen LogP contribution is -2.30. The highest BCUT2D eigenvalue weighted by atomic mass is 127. The number of carbonyl (C=O) groups is 1. The van der Waals surface area contributed by atoms with Crippen LogP contribution < -0.4 is 10.6 Å². The lowest BCUT2D eigenvalue weighted by molar-refractivity contribution is -0.113. The maximum atomic E-state index is 11.9. The summed E-state index contributed by atoms with van der Waals surface area (Å²) in [5, 5.41) is 6.94. The Bertz CT molecular complexity index is 447. The van der Waals surface area contributed by atoms with E-state index in [0.29, 0.717) is 11.0 Å². The summed E-state index contributed by atoms with van der Waals surface area (Å²) in [4.78, 5) is 11.9. The fourth-order valence-corrected chi connectivity index (χ4v) is 3.57. The molecular formula is C14H19IN2OS. The molecule has 1 aliphatic heterocycles. The Hall–Kier alpha value is -0.270. The zero-order valence-electron chi connectivity index (χ0n) is 11.0. The average molecular weight is 390 g/mol. The maximum absolute atomic E-state index is 11.9. The average Bonchev–Trinajstić information content (AvgIpc) is 2.42. The molecule has 0 atom stereocenters. The van der Waals surface area contributed by atoms with E-state index in [4.69, 9.17) is 0 Å². The van der Waals surface area contributed by atoms with Gasteiger partial charge in [-0.05, 0) is 73.1 Å². The summed E-state index contributed by atoms with van der Waals surface area (Å²) in [7, 11) is 0. The molecule has 1 amide bonds. The maximum Gasteiger partial charge on any atom is 0.234 e. The van der Waals surface area contributed by atoms with Gasteiger partial charge < -0.3 is 10.6 Å². The van der Waals surface area contributed by atoms with Crippen LogP contribution in [0, 0.1) is 10.5 Å². The number of rotatable bonds is 4. The quantitative estimate of drug-likeness (QED) is 0.777. The normalized spacial score (nSPS) is 16.3. The second kappa shape index (κ2) is 7.50. The molecule has 1 heterocycles. The van der Waals surface area contributed by atoms with Gasteiger partial charge in [-0.25, -0.2) is 0 Å². The predicted molar refractivity (Wildman–Crippen MR) is 90.9 cm³/mol. The Kier molecular flexibility index (Phi) is 5.97. The van der Waals surface area contributed by atoms with Gasteiger partial charge in [-0.1, -0.05) is 6.07 Å². The van der Waals surface area contributed by atoms with Crippen LogP contribution >= 0.6 is 34.4 Å². The second-order valence-corrected chi connectivity index (χ2v) is 7.22. The first-order valence-electron chi connectivity index (χ1n) is 6.53. The minimum atomic E-state index is 0.100. The number of amides is 1. The van der Waals surface area contributed by atoms with Crippen molar-refractivity contribution in [1.82, 2.24) is 5.32 Å². The van der Waals surface area contributed by atoms with Gasteiger partial charge >= 0.3 is 0 Å². The van der Waals surface area contributed by atoms with Gasteiger partial charge in [0.15, 0.2) is 0 Å². The van der Waals surface area contributed by atoms with Crippen molar-refractivity contribution in [2.45, 2.75) is 25.0 Å². The highest BCUT2D eigenvalue weighted by molar-refractivity contribution is 14.1. The molecular weight excluding hydrogens is 371 g/mol. The van der Waals surface area contributed by atoms with E-state index in [1.807, 2.05) is 18.2 Å². The lowest BCUT2D eigenvalue weighted by atomic mass is 10.2. The zero-order chi connectivity index (χ0) is 13.7. The summed E-state index contributed by atoms with van der Waals surface area (Å²) >= 11 is 4.07. The SMILES string of the molecule is Cc1ccc(NC(=O)CSC2CCNCC2)cc1I. The number of anilines is 1. The van der Waals surface area contributed by atoms with Crippen LogP contribution in [0.5, 0.6) is 0 Å². The molecule has 1 aliphatic rings. The number of piperidine rings is 1. The molecule has 0 aliphatic carbocycles. The smallest absolute Gasteiger partial charge is 0.234 e. The summed E-state index contributed by atoms with van der Waals surface area (Å²) < 4.78 is 1.18. The van der Waals surface area contributed by atoms with Crippen molar-refractivity contribution >= 4 is 45.9 Å². The predicted octanol–water partition coefficient (Wildman–Crippen LogP) is 3.02. The van der Waals surface area contributed by atoms with E-state index in [9.17, 15) is 4.79 Å². The van der Waals surface area contributed by atoms with E-state index < -0.39 is 0 Å². The van der Waals surface area contributed by atoms with E-state index >= 15 is 0 Å².